The molecule has 4 rings (SSSR count). The normalized spacial score (nSPS) is 15.0. The molecule has 0 spiro atoms. The second kappa shape index (κ2) is 12.2. The van der Waals surface area contributed by atoms with Crippen LogP contribution in [0.5, 0.6) is 0 Å². The number of halogens is 1. The summed E-state index contributed by atoms with van der Waals surface area (Å²) in [6.45, 7) is 7.90. The fraction of sp³-hybridized carbons (Fsp3) is 0.345. The van der Waals surface area contributed by atoms with Gasteiger partial charge < -0.3 is 10.6 Å². The first-order valence-electron chi connectivity index (χ1n) is 12.7. The van der Waals surface area contributed by atoms with Crippen LogP contribution in [0.15, 0.2) is 76.5 Å². The molecule has 1 fully saturated rings. The lowest BCUT2D eigenvalue weighted by atomic mass is 9.86. The average Bonchev–Trinajstić information content (AvgIpc) is 2.90. The van der Waals surface area contributed by atoms with E-state index in [0.717, 1.165) is 50.3 Å². The first-order valence-corrected chi connectivity index (χ1v) is 14.6. The van der Waals surface area contributed by atoms with Crippen molar-refractivity contribution in [2.45, 2.75) is 48.9 Å². The van der Waals surface area contributed by atoms with Crippen LogP contribution in [0.3, 0.4) is 0 Å². The number of piperidine rings is 1. The monoisotopic (exact) mass is 539 g/mol. The number of amides is 1. The molecule has 1 aliphatic heterocycles. The van der Waals surface area contributed by atoms with E-state index in [4.69, 9.17) is 11.6 Å². The Morgan fingerprint density at radius 1 is 0.973 bits per heavy atom. The highest BCUT2D eigenvalue weighted by Gasteiger charge is 2.23. The van der Waals surface area contributed by atoms with Crippen molar-refractivity contribution in [3.8, 4) is 0 Å². The van der Waals surface area contributed by atoms with Gasteiger partial charge in [-0.15, -0.1) is 0 Å². The molecule has 0 unspecified atom stereocenters. The average molecular weight is 540 g/mol. The molecule has 0 saturated carbocycles. The van der Waals surface area contributed by atoms with E-state index in [0.29, 0.717) is 17.5 Å². The minimum absolute atomic E-state index is 0.0292. The molecule has 0 atom stereocenters. The van der Waals surface area contributed by atoms with Gasteiger partial charge in [-0.2, -0.15) is 0 Å². The molecule has 6 nitrogen and oxygen atoms in total. The Morgan fingerprint density at radius 2 is 1.59 bits per heavy atom. The minimum Gasteiger partial charge on any atom is -0.325 e. The van der Waals surface area contributed by atoms with Gasteiger partial charge in [0.1, 0.15) is 0 Å². The van der Waals surface area contributed by atoms with E-state index in [1.54, 1.807) is 24.3 Å². The van der Waals surface area contributed by atoms with Gasteiger partial charge in [0, 0.05) is 17.3 Å². The van der Waals surface area contributed by atoms with Crippen molar-refractivity contribution in [2.75, 3.05) is 31.5 Å². The Hall–Kier alpha value is -2.71. The smallest absolute Gasteiger partial charge is 0.238 e. The number of aryl methyl sites for hydroxylation is 1. The Labute approximate surface area is 225 Å². The number of hydrogen-bond acceptors (Lipinski definition) is 5. The molecule has 3 aromatic rings. The van der Waals surface area contributed by atoms with Crippen LogP contribution in [0.25, 0.3) is 0 Å². The number of carbonyl (C=O) groups is 1. The number of likely N-dealkylation sites (tertiary alicyclic amines) is 1. The van der Waals surface area contributed by atoms with Gasteiger partial charge in [0.05, 0.1) is 16.3 Å². The molecule has 3 aromatic carbocycles. The first-order chi connectivity index (χ1) is 17.8. The quantitative estimate of drug-likeness (QED) is 0.380. The second-order valence-corrected chi connectivity index (χ2v) is 11.9. The molecule has 1 heterocycles. The number of nitrogens with zero attached hydrogens (tertiary/aromatic N) is 1. The molecular formula is C29H34ClN3O3S. The van der Waals surface area contributed by atoms with Gasteiger partial charge in [-0.25, -0.2) is 8.42 Å². The molecule has 0 bridgehead atoms. The van der Waals surface area contributed by atoms with Crippen LogP contribution >= 0.6 is 11.6 Å². The summed E-state index contributed by atoms with van der Waals surface area (Å²) in [5.41, 5.74) is 4.49. The van der Waals surface area contributed by atoms with E-state index in [1.165, 1.54) is 23.3 Å². The van der Waals surface area contributed by atoms with Gasteiger partial charge in [0.2, 0.25) is 15.7 Å². The summed E-state index contributed by atoms with van der Waals surface area (Å²) in [5.74, 6) is 0.423. The number of carbonyl (C=O) groups excluding carboxylic acids is 1. The lowest BCUT2D eigenvalue weighted by Gasteiger charge is -2.33. The van der Waals surface area contributed by atoms with E-state index in [9.17, 15) is 13.2 Å². The molecule has 2 N–H and O–H groups in total. The SMILES string of the molecule is CCNCC(=O)Nc1ccc(C)c(C2CCN(Cc3ccc(S(=O)(=O)c4ccc(Cl)cc4)cc3)CC2)c1. The standard InChI is InChI=1S/C29H34ClN3O3S/c1-3-31-19-29(34)32-25-9-4-21(2)28(18-25)23-14-16-33(17-15-23)20-22-5-10-26(11-6-22)37(35,36)27-12-7-24(30)8-13-27/h4-13,18,23,31H,3,14-17,19-20H2,1-2H3,(H,32,34). The fourth-order valence-corrected chi connectivity index (χ4v) is 6.17. The molecule has 37 heavy (non-hydrogen) atoms. The van der Waals surface area contributed by atoms with Gasteiger partial charge in [-0.05, 0) is 111 Å². The van der Waals surface area contributed by atoms with Crippen LogP contribution in [-0.4, -0.2) is 45.4 Å². The summed E-state index contributed by atoms with van der Waals surface area (Å²) < 4.78 is 25.8. The van der Waals surface area contributed by atoms with E-state index < -0.39 is 9.84 Å². The molecule has 0 radical (unpaired) electrons. The van der Waals surface area contributed by atoms with Crippen LogP contribution in [0, 0.1) is 6.92 Å². The highest BCUT2D eigenvalue weighted by Crippen LogP contribution is 2.32. The zero-order chi connectivity index (χ0) is 26.4. The molecule has 1 amide bonds. The molecule has 8 heteroatoms. The molecule has 1 aliphatic rings. The van der Waals surface area contributed by atoms with Crippen LogP contribution in [0.1, 0.15) is 42.4 Å². The molecule has 1 saturated heterocycles. The van der Waals surface area contributed by atoms with Crippen LogP contribution in [0.2, 0.25) is 5.02 Å². The Balaban J connectivity index is 1.34. The first kappa shape index (κ1) is 27.3. The number of rotatable bonds is 9. The molecular weight excluding hydrogens is 506 g/mol. The largest absolute Gasteiger partial charge is 0.325 e. The molecule has 0 aliphatic carbocycles. The predicted molar refractivity (Wildman–Crippen MR) is 149 cm³/mol. The maximum absolute atomic E-state index is 12.9. The van der Waals surface area contributed by atoms with Crippen LogP contribution < -0.4 is 10.6 Å². The highest BCUT2D eigenvalue weighted by atomic mass is 35.5. The van der Waals surface area contributed by atoms with Crippen molar-refractivity contribution in [1.82, 2.24) is 10.2 Å². The number of likely N-dealkylation sites (N-methyl/N-ethyl adjacent to an activating group) is 1. The van der Waals surface area contributed by atoms with Crippen molar-refractivity contribution >= 4 is 33.0 Å². The maximum Gasteiger partial charge on any atom is 0.238 e. The molecule has 0 aromatic heterocycles. The van der Waals surface area contributed by atoms with Crippen molar-refractivity contribution in [3.63, 3.8) is 0 Å². The molecule has 196 valence electrons. The lowest BCUT2D eigenvalue weighted by Crippen LogP contribution is -2.32. The zero-order valence-electron chi connectivity index (χ0n) is 21.3. The number of benzene rings is 3. The number of hydrogen-bond donors (Lipinski definition) is 2. The van der Waals surface area contributed by atoms with E-state index >= 15 is 0 Å². The van der Waals surface area contributed by atoms with Gasteiger partial charge >= 0.3 is 0 Å². The van der Waals surface area contributed by atoms with Crippen LogP contribution in [-0.2, 0) is 21.2 Å². The van der Waals surface area contributed by atoms with E-state index in [1.807, 2.05) is 25.1 Å². The summed E-state index contributed by atoms with van der Waals surface area (Å²) in [4.78, 5) is 15.0. The fourth-order valence-electron chi connectivity index (χ4n) is 4.79. The summed E-state index contributed by atoms with van der Waals surface area (Å²) in [5, 5.41) is 6.55. The Morgan fingerprint density at radius 3 is 2.22 bits per heavy atom. The second-order valence-electron chi connectivity index (χ2n) is 9.55. The van der Waals surface area contributed by atoms with Crippen molar-refractivity contribution in [2.24, 2.45) is 0 Å². The van der Waals surface area contributed by atoms with Gasteiger partial charge in [0.15, 0.2) is 0 Å². The van der Waals surface area contributed by atoms with Crippen molar-refractivity contribution < 1.29 is 13.2 Å². The third-order valence-electron chi connectivity index (χ3n) is 6.89. The topological polar surface area (TPSA) is 78.5 Å². The Bertz CT molecular complexity index is 1320. The van der Waals surface area contributed by atoms with E-state index in [2.05, 4.69) is 34.6 Å². The van der Waals surface area contributed by atoms with Crippen molar-refractivity contribution in [1.29, 1.82) is 0 Å². The summed E-state index contributed by atoms with van der Waals surface area (Å²) >= 11 is 5.90. The number of anilines is 1. The van der Waals surface area contributed by atoms with Gasteiger partial charge in [-0.3, -0.25) is 9.69 Å². The predicted octanol–water partition coefficient (Wildman–Crippen LogP) is 5.41. The van der Waals surface area contributed by atoms with Gasteiger partial charge in [0.25, 0.3) is 0 Å². The van der Waals surface area contributed by atoms with Gasteiger partial charge in [-0.1, -0.05) is 36.7 Å². The highest BCUT2D eigenvalue weighted by molar-refractivity contribution is 7.91. The van der Waals surface area contributed by atoms with Crippen molar-refractivity contribution in [3.05, 3.63) is 88.4 Å². The third-order valence-corrected chi connectivity index (χ3v) is 8.93. The summed E-state index contributed by atoms with van der Waals surface area (Å²) in [6.07, 6.45) is 2.08. The Kier molecular flexibility index (Phi) is 9.03. The minimum atomic E-state index is -3.57. The number of nitrogens with one attached hydrogen (secondary N) is 2. The maximum atomic E-state index is 12.9. The van der Waals surface area contributed by atoms with E-state index in [-0.39, 0.29) is 15.7 Å². The lowest BCUT2D eigenvalue weighted by molar-refractivity contribution is -0.115. The summed E-state index contributed by atoms with van der Waals surface area (Å²) in [6, 6.07) is 19.6. The zero-order valence-corrected chi connectivity index (χ0v) is 22.9. The van der Waals surface area contributed by atoms with Crippen LogP contribution in [0.4, 0.5) is 5.69 Å². The number of sulfone groups is 1. The third kappa shape index (κ3) is 6.99. The summed E-state index contributed by atoms with van der Waals surface area (Å²) in [7, 11) is -3.57.